The molecule has 2 aromatic carbocycles. The third-order valence-electron chi connectivity index (χ3n) is 3.95. The highest BCUT2D eigenvalue weighted by atomic mass is 35.5. The molecule has 3 amide bonds. The molecule has 29 heavy (non-hydrogen) atoms. The summed E-state index contributed by atoms with van der Waals surface area (Å²) >= 11 is 7.56. The van der Waals surface area contributed by atoms with Crippen molar-refractivity contribution in [1.82, 2.24) is 5.32 Å². The van der Waals surface area contributed by atoms with E-state index in [9.17, 15) is 14.4 Å². The zero-order valence-electron chi connectivity index (χ0n) is 15.5. The third kappa shape index (κ3) is 5.66. The molecule has 3 aromatic rings. The number of carbonyl (C=O) groups is 3. The van der Waals surface area contributed by atoms with Crippen LogP contribution in [0.5, 0.6) is 0 Å². The number of rotatable bonds is 6. The van der Waals surface area contributed by atoms with Crippen molar-refractivity contribution in [3.8, 4) is 0 Å². The Kier molecular flexibility index (Phi) is 6.64. The van der Waals surface area contributed by atoms with Gasteiger partial charge >= 0.3 is 0 Å². The quantitative estimate of drug-likeness (QED) is 0.539. The first-order valence-corrected chi connectivity index (χ1v) is 9.97. The number of benzene rings is 2. The topological polar surface area (TPSA) is 87.3 Å². The molecule has 148 valence electrons. The van der Waals surface area contributed by atoms with Crippen LogP contribution in [-0.4, -0.2) is 17.7 Å². The van der Waals surface area contributed by atoms with Gasteiger partial charge in [-0.25, -0.2) is 0 Å². The van der Waals surface area contributed by atoms with Gasteiger partial charge in [-0.15, -0.1) is 11.3 Å². The summed E-state index contributed by atoms with van der Waals surface area (Å²) in [5, 5.41) is 10.4. The molecule has 0 aliphatic carbocycles. The van der Waals surface area contributed by atoms with Crippen LogP contribution in [0.4, 0.5) is 11.4 Å². The average molecular weight is 428 g/mol. The monoisotopic (exact) mass is 427 g/mol. The van der Waals surface area contributed by atoms with Crippen LogP contribution in [0.3, 0.4) is 0 Å². The van der Waals surface area contributed by atoms with E-state index in [1.807, 2.05) is 11.4 Å². The number of halogens is 1. The van der Waals surface area contributed by atoms with Crippen LogP contribution >= 0.6 is 22.9 Å². The minimum atomic E-state index is -0.312. The second-order valence-electron chi connectivity index (χ2n) is 6.19. The summed E-state index contributed by atoms with van der Waals surface area (Å²) in [4.78, 5) is 36.2. The van der Waals surface area contributed by atoms with Gasteiger partial charge in [0.15, 0.2) is 0 Å². The van der Waals surface area contributed by atoms with E-state index in [2.05, 4.69) is 16.0 Å². The van der Waals surface area contributed by atoms with Crippen LogP contribution < -0.4 is 16.0 Å². The van der Waals surface area contributed by atoms with Gasteiger partial charge in [-0.05, 0) is 47.3 Å². The molecule has 0 unspecified atom stereocenters. The van der Waals surface area contributed by atoms with Gasteiger partial charge in [-0.1, -0.05) is 29.8 Å². The summed E-state index contributed by atoms with van der Waals surface area (Å²) in [7, 11) is 0. The maximum atomic E-state index is 12.5. The molecule has 3 rings (SSSR count). The minimum absolute atomic E-state index is 0.126. The standard InChI is InChI=1S/C21H18ClN3O3S/c1-13(26)24-16-8-9-18(17(22)11-16)25-20(27)15-6-4-14(5-7-15)12-23-21(28)19-3-2-10-29-19/h2-11H,12H2,1H3,(H,23,28)(H,24,26)(H,25,27). The van der Waals surface area contributed by atoms with Crippen molar-refractivity contribution in [2.75, 3.05) is 10.6 Å². The van der Waals surface area contributed by atoms with Crippen molar-refractivity contribution >= 4 is 52.0 Å². The lowest BCUT2D eigenvalue weighted by molar-refractivity contribution is -0.114. The van der Waals surface area contributed by atoms with Crippen LogP contribution in [0, 0.1) is 0 Å². The second-order valence-corrected chi connectivity index (χ2v) is 7.54. The van der Waals surface area contributed by atoms with Crippen molar-refractivity contribution in [2.24, 2.45) is 0 Å². The molecule has 1 heterocycles. The van der Waals surface area contributed by atoms with Crippen molar-refractivity contribution in [1.29, 1.82) is 0 Å². The largest absolute Gasteiger partial charge is 0.347 e. The Morgan fingerprint density at radius 2 is 1.72 bits per heavy atom. The lowest BCUT2D eigenvalue weighted by atomic mass is 10.1. The minimum Gasteiger partial charge on any atom is -0.347 e. The molecule has 0 spiro atoms. The normalized spacial score (nSPS) is 10.3. The lowest BCUT2D eigenvalue weighted by Gasteiger charge is -2.10. The first kappa shape index (κ1) is 20.6. The fourth-order valence-electron chi connectivity index (χ4n) is 2.54. The van der Waals surface area contributed by atoms with Crippen LogP contribution in [0.25, 0.3) is 0 Å². The summed E-state index contributed by atoms with van der Waals surface area (Å²) < 4.78 is 0. The Bertz CT molecular complexity index is 1030. The number of anilines is 2. The van der Waals surface area contributed by atoms with Crippen LogP contribution in [0.15, 0.2) is 60.0 Å². The Balaban J connectivity index is 1.59. The van der Waals surface area contributed by atoms with Gasteiger partial charge in [0.2, 0.25) is 5.91 Å². The molecule has 0 atom stereocenters. The molecule has 1 aromatic heterocycles. The predicted molar refractivity (Wildman–Crippen MR) is 116 cm³/mol. The van der Waals surface area contributed by atoms with Crippen molar-refractivity contribution in [2.45, 2.75) is 13.5 Å². The van der Waals surface area contributed by atoms with Gasteiger partial charge in [0.05, 0.1) is 15.6 Å². The van der Waals surface area contributed by atoms with Crippen LogP contribution in [0.2, 0.25) is 5.02 Å². The van der Waals surface area contributed by atoms with Gasteiger partial charge in [0.1, 0.15) is 0 Å². The molecule has 0 bridgehead atoms. The van der Waals surface area contributed by atoms with E-state index >= 15 is 0 Å². The second kappa shape index (κ2) is 9.36. The molecule has 0 aliphatic rings. The number of amides is 3. The fraction of sp³-hybridized carbons (Fsp3) is 0.0952. The Labute approximate surface area is 176 Å². The average Bonchev–Trinajstić information content (AvgIpc) is 3.23. The first-order valence-electron chi connectivity index (χ1n) is 8.71. The van der Waals surface area contributed by atoms with Crippen LogP contribution in [0.1, 0.15) is 32.5 Å². The fourth-order valence-corrected chi connectivity index (χ4v) is 3.41. The van der Waals surface area contributed by atoms with E-state index in [-0.39, 0.29) is 17.7 Å². The summed E-state index contributed by atoms with van der Waals surface area (Å²) in [6.07, 6.45) is 0. The molecule has 3 N–H and O–H groups in total. The van der Waals surface area contributed by atoms with E-state index in [0.29, 0.717) is 33.4 Å². The molecule has 6 nitrogen and oxygen atoms in total. The van der Waals surface area contributed by atoms with Crippen molar-refractivity contribution < 1.29 is 14.4 Å². The van der Waals surface area contributed by atoms with Gasteiger partial charge in [0, 0.05) is 24.7 Å². The third-order valence-corrected chi connectivity index (χ3v) is 5.13. The summed E-state index contributed by atoms with van der Waals surface area (Å²) in [6.45, 7) is 1.77. The number of hydrogen-bond acceptors (Lipinski definition) is 4. The molecule has 0 radical (unpaired) electrons. The number of carbonyl (C=O) groups excluding carboxylic acids is 3. The van der Waals surface area contributed by atoms with E-state index < -0.39 is 0 Å². The van der Waals surface area contributed by atoms with Gasteiger partial charge < -0.3 is 16.0 Å². The lowest BCUT2D eigenvalue weighted by Crippen LogP contribution is -2.21. The maximum absolute atomic E-state index is 12.5. The predicted octanol–water partition coefficient (Wildman–Crippen LogP) is 4.54. The molecular formula is C21H18ClN3O3S. The van der Waals surface area contributed by atoms with Crippen LogP contribution in [-0.2, 0) is 11.3 Å². The highest BCUT2D eigenvalue weighted by Crippen LogP contribution is 2.26. The Hall–Kier alpha value is -3.16. The molecule has 0 fully saturated rings. The summed E-state index contributed by atoms with van der Waals surface area (Å²) in [5.41, 5.74) is 2.33. The summed E-state index contributed by atoms with van der Waals surface area (Å²) in [5.74, 6) is -0.642. The van der Waals surface area contributed by atoms with E-state index in [4.69, 9.17) is 11.6 Å². The number of nitrogens with one attached hydrogen (secondary N) is 3. The molecular weight excluding hydrogens is 410 g/mol. The van der Waals surface area contributed by atoms with Crippen molar-refractivity contribution in [3.05, 3.63) is 81.0 Å². The molecule has 0 saturated carbocycles. The van der Waals surface area contributed by atoms with Gasteiger partial charge in [-0.2, -0.15) is 0 Å². The first-order chi connectivity index (χ1) is 13.9. The summed E-state index contributed by atoms with van der Waals surface area (Å²) in [6, 6.07) is 15.4. The number of hydrogen-bond donors (Lipinski definition) is 3. The SMILES string of the molecule is CC(=O)Nc1ccc(NC(=O)c2ccc(CNC(=O)c3cccs3)cc2)c(Cl)c1. The maximum Gasteiger partial charge on any atom is 0.261 e. The smallest absolute Gasteiger partial charge is 0.261 e. The number of thiophene rings is 1. The molecule has 8 heteroatoms. The molecule has 0 aliphatic heterocycles. The highest BCUT2D eigenvalue weighted by Gasteiger charge is 2.10. The molecule has 0 saturated heterocycles. The Morgan fingerprint density at radius 3 is 2.34 bits per heavy atom. The zero-order valence-corrected chi connectivity index (χ0v) is 17.1. The zero-order chi connectivity index (χ0) is 20.8. The Morgan fingerprint density at radius 1 is 0.966 bits per heavy atom. The van der Waals surface area contributed by atoms with E-state index in [1.165, 1.54) is 18.3 Å². The van der Waals surface area contributed by atoms with E-state index in [0.717, 1.165) is 5.56 Å². The van der Waals surface area contributed by atoms with Gasteiger partial charge in [0.25, 0.3) is 11.8 Å². The highest BCUT2D eigenvalue weighted by molar-refractivity contribution is 7.12. The van der Waals surface area contributed by atoms with E-state index in [1.54, 1.807) is 48.5 Å². The van der Waals surface area contributed by atoms with Crippen molar-refractivity contribution in [3.63, 3.8) is 0 Å². The van der Waals surface area contributed by atoms with Gasteiger partial charge in [-0.3, -0.25) is 14.4 Å².